The summed E-state index contributed by atoms with van der Waals surface area (Å²) in [7, 11) is -2.12. The maximum atomic E-state index is 13.4. The molecule has 3 aromatic rings. The van der Waals surface area contributed by atoms with E-state index >= 15 is 0 Å². The van der Waals surface area contributed by atoms with Crippen molar-refractivity contribution in [3.05, 3.63) is 95.6 Å². The Morgan fingerprint density at radius 3 is 2.47 bits per heavy atom. The van der Waals surface area contributed by atoms with E-state index in [-0.39, 0.29) is 30.2 Å². The molecule has 1 heterocycles. The summed E-state index contributed by atoms with van der Waals surface area (Å²) in [4.78, 5) is 0.253. The van der Waals surface area contributed by atoms with Gasteiger partial charge in [0.1, 0.15) is 18.0 Å². The lowest BCUT2D eigenvalue weighted by Gasteiger charge is -2.19. The molecule has 164 valence electrons. The average molecular weight is 448 g/mol. The lowest BCUT2D eigenvalue weighted by Crippen LogP contribution is -2.35. The third-order valence-electron chi connectivity index (χ3n) is 5.31. The fraction of sp³-hybridized carbons (Fsp3) is 0.231. The number of epoxide rings is 1. The molecule has 6 heteroatoms. The normalized spacial score (nSPS) is 17.5. The SMILES string of the molecule is COc1cccc(C#CCN(CC2OC2c2ccccc2)S(=O)(=O)c2ccc(C)cc2)c1. The molecule has 5 nitrogen and oxygen atoms in total. The van der Waals surface area contributed by atoms with Gasteiger partial charge in [0.15, 0.2) is 0 Å². The van der Waals surface area contributed by atoms with E-state index in [0.29, 0.717) is 5.75 Å². The highest BCUT2D eigenvalue weighted by molar-refractivity contribution is 7.89. The standard InChI is InChI=1S/C26H25NO4S/c1-20-13-15-24(16-14-20)32(28,29)27(17-7-9-21-8-6-12-23(18-21)30-2)19-25-26(31-25)22-10-4-3-5-11-22/h3-6,8,10-16,18,25-26H,17,19H2,1-2H3. The Morgan fingerprint density at radius 2 is 1.75 bits per heavy atom. The van der Waals surface area contributed by atoms with Crippen LogP contribution in [-0.4, -0.2) is 39.0 Å². The Morgan fingerprint density at radius 1 is 1.00 bits per heavy atom. The molecule has 1 aliphatic heterocycles. The van der Waals surface area contributed by atoms with Gasteiger partial charge in [-0.1, -0.05) is 65.9 Å². The third kappa shape index (κ3) is 5.20. The minimum absolute atomic E-state index is 0.0643. The summed E-state index contributed by atoms with van der Waals surface area (Å²) in [5.41, 5.74) is 2.82. The summed E-state index contributed by atoms with van der Waals surface area (Å²) in [6.45, 7) is 2.23. The van der Waals surface area contributed by atoms with E-state index in [4.69, 9.17) is 9.47 Å². The molecule has 0 amide bonds. The van der Waals surface area contributed by atoms with Crippen molar-refractivity contribution in [3.8, 4) is 17.6 Å². The first-order valence-electron chi connectivity index (χ1n) is 10.4. The van der Waals surface area contributed by atoms with Gasteiger partial charge in [0.2, 0.25) is 10.0 Å². The minimum Gasteiger partial charge on any atom is -0.497 e. The second-order valence-electron chi connectivity index (χ2n) is 7.65. The van der Waals surface area contributed by atoms with Crippen molar-refractivity contribution in [2.45, 2.75) is 24.0 Å². The van der Waals surface area contributed by atoms with Crippen molar-refractivity contribution in [2.75, 3.05) is 20.2 Å². The van der Waals surface area contributed by atoms with E-state index in [1.165, 1.54) is 4.31 Å². The maximum absolute atomic E-state index is 13.4. The fourth-order valence-corrected chi connectivity index (χ4v) is 4.81. The van der Waals surface area contributed by atoms with Gasteiger partial charge in [-0.25, -0.2) is 8.42 Å². The average Bonchev–Trinajstić information content (AvgIpc) is 3.59. The van der Waals surface area contributed by atoms with Crippen LogP contribution in [0.4, 0.5) is 0 Å². The van der Waals surface area contributed by atoms with E-state index in [9.17, 15) is 8.42 Å². The molecular formula is C26H25NO4S. The number of ether oxygens (including phenoxy) is 2. The summed E-state index contributed by atoms with van der Waals surface area (Å²) in [6, 6.07) is 24.1. The Balaban J connectivity index is 1.55. The largest absolute Gasteiger partial charge is 0.497 e. The lowest BCUT2D eigenvalue weighted by molar-refractivity contribution is 0.335. The summed E-state index contributed by atoms with van der Waals surface area (Å²) in [5.74, 6) is 6.76. The van der Waals surface area contributed by atoms with Crippen molar-refractivity contribution in [2.24, 2.45) is 0 Å². The number of aryl methyl sites for hydroxylation is 1. The number of hydrogen-bond donors (Lipinski definition) is 0. The summed E-state index contributed by atoms with van der Waals surface area (Å²) < 4.78 is 39.2. The van der Waals surface area contributed by atoms with Gasteiger partial charge in [0.25, 0.3) is 0 Å². The summed E-state index contributed by atoms with van der Waals surface area (Å²) in [5, 5.41) is 0. The zero-order valence-corrected chi connectivity index (χ0v) is 18.9. The van der Waals surface area contributed by atoms with Crippen LogP contribution in [0.1, 0.15) is 22.8 Å². The molecule has 1 aliphatic rings. The van der Waals surface area contributed by atoms with Crippen molar-refractivity contribution >= 4 is 10.0 Å². The smallest absolute Gasteiger partial charge is 0.244 e. The number of hydrogen-bond acceptors (Lipinski definition) is 4. The molecule has 32 heavy (non-hydrogen) atoms. The fourth-order valence-electron chi connectivity index (χ4n) is 3.46. The molecule has 0 spiro atoms. The van der Waals surface area contributed by atoms with E-state index in [1.54, 1.807) is 31.4 Å². The van der Waals surface area contributed by atoms with Gasteiger partial charge in [0.05, 0.1) is 18.6 Å². The van der Waals surface area contributed by atoms with Gasteiger partial charge in [-0.15, -0.1) is 0 Å². The summed E-state index contributed by atoms with van der Waals surface area (Å²) in [6.07, 6.45) is -0.297. The van der Waals surface area contributed by atoms with Crippen molar-refractivity contribution in [1.82, 2.24) is 4.31 Å². The van der Waals surface area contributed by atoms with Crippen LogP contribution in [0.3, 0.4) is 0 Å². The third-order valence-corrected chi connectivity index (χ3v) is 7.14. The molecule has 0 bridgehead atoms. The Kier molecular flexibility index (Phi) is 6.61. The van der Waals surface area contributed by atoms with E-state index in [2.05, 4.69) is 11.8 Å². The van der Waals surface area contributed by atoms with Crippen LogP contribution in [0.15, 0.2) is 83.8 Å². The van der Waals surface area contributed by atoms with Crippen LogP contribution in [0.25, 0.3) is 0 Å². The Hall–Kier alpha value is -3.11. The molecule has 0 radical (unpaired) electrons. The van der Waals surface area contributed by atoms with Crippen LogP contribution >= 0.6 is 0 Å². The van der Waals surface area contributed by atoms with Crippen LogP contribution in [0.5, 0.6) is 5.75 Å². The first-order chi connectivity index (χ1) is 15.5. The van der Waals surface area contributed by atoms with Gasteiger partial charge in [-0.2, -0.15) is 4.31 Å². The lowest BCUT2D eigenvalue weighted by atomic mass is 10.1. The predicted octanol–water partition coefficient (Wildman–Crippen LogP) is 4.19. The number of methoxy groups -OCH3 is 1. The number of nitrogens with zero attached hydrogens (tertiary/aromatic N) is 1. The number of benzene rings is 3. The van der Waals surface area contributed by atoms with E-state index in [0.717, 1.165) is 16.7 Å². The van der Waals surface area contributed by atoms with Crippen molar-refractivity contribution in [3.63, 3.8) is 0 Å². The zero-order valence-electron chi connectivity index (χ0n) is 18.1. The highest BCUT2D eigenvalue weighted by Crippen LogP contribution is 2.39. The monoisotopic (exact) mass is 447 g/mol. The molecule has 2 atom stereocenters. The van der Waals surface area contributed by atoms with Gasteiger partial charge in [-0.3, -0.25) is 0 Å². The van der Waals surface area contributed by atoms with Crippen LogP contribution in [0.2, 0.25) is 0 Å². The maximum Gasteiger partial charge on any atom is 0.244 e. The van der Waals surface area contributed by atoms with Gasteiger partial charge in [0, 0.05) is 12.1 Å². The molecule has 0 N–H and O–H groups in total. The van der Waals surface area contributed by atoms with Crippen molar-refractivity contribution < 1.29 is 17.9 Å². The highest BCUT2D eigenvalue weighted by atomic mass is 32.2. The molecule has 0 aromatic heterocycles. The van der Waals surface area contributed by atoms with Crippen molar-refractivity contribution in [1.29, 1.82) is 0 Å². The molecular weight excluding hydrogens is 422 g/mol. The zero-order chi connectivity index (χ0) is 22.6. The molecule has 2 unspecified atom stereocenters. The topological polar surface area (TPSA) is 59.1 Å². The quantitative estimate of drug-likeness (QED) is 0.403. The van der Waals surface area contributed by atoms with Gasteiger partial charge < -0.3 is 9.47 Å². The molecule has 4 rings (SSSR count). The van der Waals surface area contributed by atoms with E-state index in [1.807, 2.05) is 61.5 Å². The first-order valence-corrected chi connectivity index (χ1v) is 11.8. The second-order valence-corrected chi connectivity index (χ2v) is 9.59. The molecule has 0 saturated carbocycles. The van der Waals surface area contributed by atoms with Gasteiger partial charge >= 0.3 is 0 Å². The summed E-state index contributed by atoms with van der Waals surface area (Å²) >= 11 is 0. The number of rotatable bonds is 7. The highest BCUT2D eigenvalue weighted by Gasteiger charge is 2.43. The van der Waals surface area contributed by atoms with Crippen LogP contribution in [-0.2, 0) is 14.8 Å². The van der Waals surface area contributed by atoms with Crippen LogP contribution in [0, 0.1) is 18.8 Å². The second kappa shape index (κ2) is 9.58. The Labute approximate surface area is 189 Å². The van der Waals surface area contributed by atoms with Gasteiger partial charge in [-0.05, 0) is 42.8 Å². The number of sulfonamides is 1. The van der Waals surface area contributed by atoms with E-state index < -0.39 is 10.0 Å². The molecule has 1 fully saturated rings. The van der Waals surface area contributed by atoms with Crippen LogP contribution < -0.4 is 4.74 Å². The minimum atomic E-state index is -3.72. The predicted molar refractivity (Wildman–Crippen MR) is 124 cm³/mol. The Bertz CT molecular complexity index is 1230. The molecule has 0 aliphatic carbocycles. The first kappa shape index (κ1) is 22.1. The molecule has 3 aromatic carbocycles. The molecule has 1 saturated heterocycles.